The molecule has 0 bridgehead atoms. The smallest absolute Gasteiger partial charge is 0.313 e. The summed E-state index contributed by atoms with van der Waals surface area (Å²) in [6.45, 7) is 2.67. The van der Waals surface area contributed by atoms with Gasteiger partial charge in [-0.1, -0.05) is 17.8 Å². The monoisotopic (exact) mass is 359 g/mol. The van der Waals surface area contributed by atoms with E-state index < -0.39 is 5.97 Å². The largest absolute Gasteiger partial charge is 0.497 e. The van der Waals surface area contributed by atoms with Crippen molar-refractivity contribution in [1.29, 1.82) is 0 Å². The first kappa shape index (κ1) is 17.0. The number of aryl methyl sites for hydroxylation is 1. The molecule has 0 aliphatic carbocycles. The number of aliphatic carboxylic acids is 1. The molecule has 0 atom stereocenters. The molecule has 130 valence electrons. The van der Waals surface area contributed by atoms with Crippen molar-refractivity contribution in [3.05, 3.63) is 36.5 Å². The Morgan fingerprint density at radius 3 is 2.88 bits per heavy atom. The standard InChI is InChI=1S/C16H17N5O3S/c1-3-20-13(7-8-17-20)15-18-19-16(25-10-14(22)23)21(15)11-5-4-6-12(9-11)24-2/h4-9H,3,10H2,1-2H3,(H,22,23). The Balaban J connectivity index is 2.14. The third kappa shape index (κ3) is 3.50. The lowest BCUT2D eigenvalue weighted by Crippen LogP contribution is -2.06. The van der Waals surface area contributed by atoms with Crippen LogP contribution in [0.4, 0.5) is 0 Å². The summed E-state index contributed by atoms with van der Waals surface area (Å²) < 4.78 is 8.92. The van der Waals surface area contributed by atoms with Crippen LogP contribution in [0.25, 0.3) is 17.2 Å². The van der Waals surface area contributed by atoms with E-state index in [0.717, 1.165) is 23.1 Å². The van der Waals surface area contributed by atoms with Crippen molar-refractivity contribution >= 4 is 17.7 Å². The van der Waals surface area contributed by atoms with Crippen LogP contribution in [-0.2, 0) is 11.3 Å². The van der Waals surface area contributed by atoms with Crippen LogP contribution in [0.1, 0.15) is 6.92 Å². The van der Waals surface area contributed by atoms with Gasteiger partial charge in [0.15, 0.2) is 11.0 Å². The normalized spacial score (nSPS) is 10.8. The summed E-state index contributed by atoms with van der Waals surface area (Å²) in [4.78, 5) is 10.9. The number of ether oxygens (including phenoxy) is 1. The molecule has 8 nitrogen and oxygen atoms in total. The first-order valence-electron chi connectivity index (χ1n) is 7.60. The number of methoxy groups -OCH3 is 1. The molecule has 0 saturated heterocycles. The second kappa shape index (κ2) is 7.39. The number of carbonyl (C=O) groups is 1. The molecule has 0 fully saturated rings. The number of nitrogens with zero attached hydrogens (tertiary/aromatic N) is 5. The second-order valence-electron chi connectivity index (χ2n) is 5.06. The quantitative estimate of drug-likeness (QED) is 0.647. The number of hydrogen-bond donors (Lipinski definition) is 1. The molecule has 2 aromatic heterocycles. The first-order chi connectivity index (χ1) is 12.1. The number of hydrogen-bond acceptors (Lipinski definition) is 6. The highest BCUT2D eigenvalue weighted by atomic mass is 32.2. The van der Waals surface area contributed by atoms with E-state index in [4.69, 9.17) is 9.84 Å². The van der Waals surface area contributed by atoms with Gasteiger partial charge in [0.1, 0.15) is 11.4 Å². The zero-order valence-electron chi connectivity index (χ0n) is 13.8. The molecule has 0 spiro atoms. The molecule has 0 radical (unpaired) electrons. The molecule has 0 unspecified atom stereocenters. The molecule has 9 heteroatoms. The van der Waals surface area contributed by atoms with Crippen molar-refractivity contribution in [2.45, 2.75) is 18.6 Å². The number of carboxylic acid groups (broad SMARTS) is 1. The highest BCUT2D eigenvalue weighted by Crippen LogP contribution is 2.29. The summed E-state index contributed by atoms with van der Waals surface area (Å²) in [6, 6.07) is 9.31. The molecule has 3 aromatic rings. The Labute approximate surface area is 148 Å². The summed E-state index contributed by atoms with van der Waals surface area (Å²) in [5, 5.41) is 22.2. The molecular formula is C16H17N5O3S. The van der Waals surface area contributed by atoms with E-state index in [2.05, 4.69) is 15.3 Å². The van der Waals surface area contributed by atoms with Gasteiger partial charge in [0.2, 0.25) is 0 Å². The minimum atomic E-state index is -0.912. The molecule has 0 aliphatic rings. The summed E-state index contributed by atoms with van der Waals surface area (Å²) in [6.07, 6.45) is 1.70. The lowest BCUT2D eigenvalue weighted by molar-refractivity contribution is -0.133. The van der Waals surface area contributed by atoms with Crippen molar-refractivity contribution in [3.8, 4) is 23.0 Å². The molecule has 2 heterocycles. The van der Waals surface area contributed by atoms with Crippen LogP contribution in [0.2, 0.25) is 0 Å². The minimum Gasteiger partial charge on any atom is -0.497 e. The maximum absolute atomic E-state index is 10.9. The fraction of sp³-hybridized carbons (Fsp3) is 0.250. The van der Waals surface area contributed by atoms with E-state index in [9.17, 15) is 4.79 Å². The van der Waals surface area contributed by atoms with Gasteiger partial charge in [0, 0.05) is 18.8 Å². The summed E-state index contributed by atoms with van der Waals surface area (Å²) in [5.74, 6) is 0.274. The van der Waals surface area contributed by atoms with Crippen LogP contribution in [0.3, 0.4) is 0 Å². The molecule has 3 rings (SSSR count). The van der Waals surface area contributed by atoms with Crippen LogP contribution >= 0.6 is 11.8 Å². The van der Waals surface area contributed by atoms with Gasteiger partial charge in [-0.25, -0.2) is 0 Å². The van der Waals surface area contributed by atoms with Gasteiger partial charge in [-0.2, -0.15) is 5.10 Å². The molecule has 1 aromatic carbocycles. The number of thioether (sulfide) groups is 1. The van der Waals surface area contributed by atoms with Crippen LogP contribution in [0, 0.1) is 0 Å². The van der Waals surface area contributed by atoms with E-state index in [1.807, 2.05) is 46.5 Å². The average molecular weight is 359 g/mol. The zero-order chi connectivity index (χ0) is 17.8. The first-order valence-corrected chi connectivity index (χ1v) is 8.59. The number of aromatic nitrogens is 5. The third-order valence-electron chi connectivity index (χ3n) is 3.51. The SMILES string of the molecule is CCn1nccc1-c1nnc(SCC(=O)O)n1-c1cccc(OC)c1. The molecule has 0 saturated carbocycles. The highest BCUT2D eigenvalue weighted by Gasteiger charge is 2.19. The number of rotatable bonds is 7. The predicted octanol–water partition coefficient (Wildman–Crippen LogP) is 2.34. The van der Waals surface area contributed by atoms with E-state index in [0.29, 0.717) is 23.3 Å². The van der Waals surface area contributed by atoms with Crippen molar-refractivity contribution < 1.29 is 14.6 Å². The predicted molar refractivity (Wildman–Crippen MR) is 93.2 cm³/mol. The van der Waals surface area contributed by atoms with Gasteiger partial charge < -0.3 is 9.84 Å². The Hall–Kier alpha value is -2.81. The Kier molecular flexibility index (Phi) is 5.03. The maximum Gasteiger partial charge on any atom is 0.313 e. The lowest BCUT2D eigenvalue weighted by Gasteiger charge is -2.11. The van der Waals surface area contributed by atoms with Gasteiger partial charge in [-0.05, 0) is 25.1 Å². The van der Waals surface area contributed by atoms with Gasteiger partial charge >= 0.3 is 5.97 Å². The van der Waals surface area contributed by atoms with Crippen molar-refractivity contribution in [1.82, 2.24) is 24.5 Å². The van der Waals surface area contributed by atoms with Crippen LogP contribution in [-0.4, -0.2) is 48.5 Å². The Bertz CT molecular complexity index is 890. The third-order valence-corrected chi connectivity index (χ3v) is 4.43. The fourth-order valence-corrected chi connectivity index (χ4v) is 3.08. The van der Waals surface area contributed by atoms with Crippen LogP contribution < -0.4 is 4.74 Å². The second-order valence-corrected chi connectivity index (χ2v) is 6.00. The summed E-state index contributed by atoms with van der Waals surface area (Å²) in [7, 11) is 1.60. The van der Waals surface area contributed by atoms with E-state index in [1.165, 1.54) is 0 Å². The van der Waals surface area contributed by atoms with Gasteiger partial charge in [-0.15, -0.1) is 10.2 Å². The maximum atomic E-state index is 10.9. The minimum absolute atomic E-state index is 0.102. The van der Waals surface area contributed by atoms with Gasteiger partial charge in [-0.3, -0.25) is 14.0 Å². The fourth-order valence-electron chi connectivity index (χ4n) is 2.41. The molecular weight excluding hydrogens is 342 g/mol. The Morgan fingerprint density at radius 2 is 2.16 bits per heavy atom. The van der Waals surface area contributed by atoms with Crippen LogP contribution in [0.15, 0.2) is 41.7 Å². The molecule has 25 heavy (non-hydrogen) atoms. The molecule has 0 amide bonds. The van der Waals surface area contributed by atoms with E-state index in [-0.39, 0.29) is 5.75 Å². The number of carboxylic acids is 1. The van der Waals surface area contributed by atoms with Crippen molar-refractivity contribution in [2.24, 2.45) is 0 Å². The highest BCUT2D eigenvalue weighted by molar-refractivity contribution is 7.99. The van der Waals surface area contributed by atoms with E-state index >= 15 is 0 Å². The number of benzene rings is 1. The van der Waals surface area contributed by atoms with Gasteiger partial charge in [0.25, 0.3) is 0 Å². The summed E-state index contributed by atoms with van der Waals surface area (Å²) >= 11 is 1.11. The lowest BCUT2D eigenvalue weighted by atomic mass is 10.3. The molecule has 0 aliphatic heterocycles. The molecule has 1 N–H and O–H groups in total. The summed E-state index contributed by atoms with van der Waals surface area (Å²) in [5.41, 5.74) is 1.59. The Morgan fingerprint density at radius 1 is 1.32 bits per heavy atom. The van der Waals surface area contributed by atoms with E-state index in [1.54, 1.807) is 13.3 Å². The van der Waals surface area contributed by atoms with Crippen molar-refractivity contribution in [2.75, 3.05) is 12.9 Å². The van der Waals surface area contributed by atoms with Crippen molar-refractivity contribution in [3.63, 3.8) is 0 Å². The zero-order valence-corrected chi connectivity index (χ0v) is 14.6. The van der Waals surface area contributed by atoms with Crippen LogP contribution in [0.5, 0.6) is 5.75 Å². The topological polar surface area (TPSA) is 95.1 Å². The van der Waals surface area contributed by atoms with Gasteiger partial charge in [0.05, 0.1) is 18.6 Å². The average Bonchev–Trinajstić information content (AvgIpc) is 3.25.